The Bertz CT molecular complexity index is 1330. The van der Waals surface area contributed by atoms with Crippen LogP contribution in [0.2, 0.25) is 0 Å². The van der Waals surface area contributed by atoms with Crippen molar-refractivity contribution in [3.05, 3.63) is 75.4 Å². The summed E-state index contributed by atoms with van der Waals surface area (Å²) in [4.78, 5) is 27.9. The number of nitrogens with zero attached hydrogens (tertiary/aromatic N) is 3. The van der Waals surface area contributed by atoms with E-state index in [2.05, 4.69) is 15.6 Å². The number of nitrogens with one attached hydrogen (secondary N) is 1. The van der Waals surface area contributed by atoms with Gasteiger partial charge in [0.15, 0.2) is 4.83 Å². The molecule has 0 fully saturated rings. The van der Waals surface area contributed by atoms with Crippen LogP contribution in [0, 0.1) is 0 Å². The fourth-order valence-electron chi connectivity index (χ4n) is 3.93. The highest BCUT2D eigenvalue weighted by molar-refractivity contribution is 7.18. The molecule has 0 spiro atoms. The van der Waals surface area contributed by atoms with E-state index in [4.69, 9.17) is 4.74 Å². The van der Waals surface area contributed by atoms with Crippen molar-refractivity contribution in [1.82, 2.24) is 15.0 Å². The van der Waals surface area contributed by atoms with E-state index in [0.717, 1.165) is 37.0 Å². The van der Waals surface area contributed by atoms with E-state index in [1.807, 2.05) is 30.3 Å². The van der Waals surface area contributed by atoms with Gasteiger partial charge in [-0.2, -0.15) is 4.68 Å². The summed E-state index contributed by atoms with van der Waals surface area (Å²) in [5.41, 5.74) is 1.45. The van der Waals surface area contributed by atoms with Gasteiger partial charge in [-0.05, 0) is 74.6 Å². The molecule has 2 aromatic carbocycles. The third kappa shape index (κ3) is 3.89. The van der Waals surface area contributed by atoms with Gasteiger partial charge in [0.1, 0.15) is 17.5 Å². The second kappa shape index (κ2) is 8.55. The van der Waals surface area contributed by atoms with Gasteiger partial charge in [-0.15, -0.1) is 16.4 Å². The number of hydrogen-bond donors (Lipinski definition) is 1. The molecule has 2 aromatic heterocycles. The smallest absolute Gasteiger partial charge is 0.279 e. The quantitative estimate of drug-likeness (QED) is 0.479. The summed E-state index contributed by atoms with van der Waals surface area (Å²) in [5, 5.41) is 11.8. The molecule has 5 rings (SSSR count). The van der Waals surface area contributed by atoms with Crippen LogP contribution in [0.3, 0.4) is 0 Å². The number of ether oxygens (including phenoxy) is 1. The van der Waals surface area contributed by atoms with Crippen LogP contribution in [0.25, 0.3) is 10.2 Å². The number of aryl methyl sites for hydroxylation is 2. The van der Waals surface area contributed by atoms with Crippen LogP contribution in [0.5, 0.6) is 11.5 Å². The van der Waals surface area contributed by atoms with Gasteiger partial charge in [-0.1, -0.05) is 23.4 Å². The number of thiophene rings is 1. The fourth-order valence-corrected chi connectivity index (χ4v) is 5.13. The number of hydrogen-bond acceptors (Lipinski definition) is 6. The Hall–Kier alpha value is -3.52. The van der Waals surface area contributed by atoms with Crippen molar-refractivity contribution in [2.24, 2.45) is 0 Å². The largest absolute Gasteiger partial charge is 0.457 e. The summed E-state index contributed by atoms with van der Waals surface area (Å²) in [6, 6.07) is 15.8. The molecule has 8 heteroatoms. The molecular formula is C24H22N4O3S. The van der Waals surface area contributed by atoms with Gasteiger partial charge >= 0.3 is 0 Å². The maximum Gasteiger partial charge on any atom is 0.279 e. The Morgan fingerprint density at radius 1 is 1.06 bits per heavy atom. The molecule has 32 heavy (non-hydrogen) atoms. The maximum atomic E-state index is 13.1. The monoisotopic (exact) mass is 446 g/mol. The van der Waals surface area contributed by atoms with E-state index in [0.29, 0.717) is 21.7 Å². The molecule has 0 radical (unpaired) electrons. The standard InChI is InChI=1S/C24H22N4O3S/c1-15(28-24(30)21-19-9-5-6-10-20(19)32-23(21)26-27-28)22(29)25-16-11-13-18(14-12-16)31-17-7-3-2-4-8-17/h2-4,7-8,11-15H,5-6,9-10H2,1H3,(H,25,29)/t15-/m0/s1. The molecule has 1 aliphatic carbocycles. The third-order valence-electron chi connectivity index (χ3n) is 5.65. The molecule has 1 atom stereocenters. The van der Waals surface area contributed by atoms with E-state index >= 15 is 0 Å². The van der Waals surface area contributed by atoms with Crippen LogP contribution < -0.4 is 15.6 Å². The lowest BCUT2D eigenvalue weighted by molar-refractivity contribution is -0.119. The summed E-state index contributed by atoms with van der Waals surface area (Å²) >= 11 is 1.55. The molecule has 162 valence electrons. The van der Waals surface area contributed by atoms with Crippen LogP contribution in [0.1, 0.15) is 36.2 Å². The van der Waals surface area contributed by atoms with Crippen LogP contribution in [-0.2, 0) is 17.6 Å². The summed E-state index contributed by atoms with van der Waals surface area (Å²) in [6.45, 7) is 1.66. The lowest BCUT2D eigenvalue weighted by Gasteiger charge is -2.14. The van der Waals surface area contributed by atoms with Crippen molar-refractivity contribution in [2.75, 3.05) is 5.32 Å². The molecule has 1 N–H and O–H groups in total. The molecule has 2 heterocycles. The van der Waals surface area contributed by atoms with Gasteiger partial charge in [0.05, 0.1) is 5.39 Å². The molecule has 4 aromatic rings. The second-order valence-corrected chi connectivity index (χ2v) is 8.92. The second-order valence-electron chi connectivity index (χ2n) is 7.83. The van der Waals surface area contributed by atoms with Gasteiger partial charge in [0.2, 0.25) is 5.91 Å². The first-order valence-corrected chi connectivity index (χ1v) is 11.5. The van der Waals surface area contributed by atoms with E-state index < -0.39 is 6.04 Å². The van der Waals surface area contributed by atoms with Crippen molar-refractivity contribution < 1.29 is 9.53 Å². The average Bonchev–Trinajstić information content (AvgIpc) is 3.20. The van der Waals surface area contributed by atoms with Crippen molar-refractivity contribution in [2.45, 2.75) is 38.6 Å². The molecule has 0 saturated heterocycles. The molecular weight excluding hydrogens is 424 g/mol. The van der Waals surface area contributed by atoms with Gasteiger partial charge in [-0.3, -0.25) is 9.59 Å². The van der Waals surface area contributed by atoms with Crippen molar-refractivity contribution >= 4 is 33.1 Å². The van der Waals surface area contributed by atoms with Crippen LogP contribution >= 0.6 is 11.3 Å². The molecule has 0 saturated carbocycles. The van der Waals surface area contributed by atoms with E-state index in [9.17, 15) is 9.59 Å². The number of anilines is 1. The Kier molecular flexibility index (Phi) is 5.45. The highest BCUT2D eigenvalue weighted by atomic mass is 32.1. The summed E-state index contributed by atoms with van der Waals surface area (Å²) in [5.74, 6) is 1.07. The zero-order valence-electron chi connectivity index (χ0n) is 17.6. The molecule has 0 bridgehead atoms. The van der Waals surface area contributed by atoms with Gasteiger partial charge in [-0.25, -0.2) is 0 Å². The number of amides is 1. The van der Waals surface area contributed by atoms with E-state index in [1.165, 1.54) is 9.56 Å². The first-order valence-electron chi connectivity index (χ1n) is 10.6. The zero-order valence-corrected chi connectivity index (χ0v) is 18.4. The summed E-state index contributed by atoms with van der Waals surface area (Å²) in [6.07, 6.45) is 4.07. The number of rotatable bonds is 5. The minimum absolute atomic E-state index is 0.247. The number of benzene rings is 2. The van der Waals surface area contributed by atoms with E-state index in [1.54, 1.807) is 42.5 Å². The minimum Gasteiger partial charge on any atom is -0.457 e. The number of para-hydroxylation sites is 1. The number of fused-ring (bicyclic) bond motifs is 3. The first kappa shape index (κ1) is 20.4. The Morgan fingerprint density at radius 2 is 1.78 bits per heavy atom. The third-order valence-corrected chi connectivity index (χ3v) is 6.83. The van der Waals surface area contributed by atoms with Crippen molar-refractivity contribution in [3.8, 4) is 11.5 Å². The fraction of sp³-hybridized carbons (Fsp3) is 0.250. The summed E-state index contributed by atoms with van der Waals surface area (Å²) in [7, 11) is 0. The average molecular weight is 447 g/mol. The highest BCUT2D eigenvalue weighted by Gasteiger charge is 2.24. The van der Waals surface area contributed by atoms with Crippen molar-refractivity contribution in [1.29, 1.82) is 0 Å². The zero-order chi connectivity index (χ0) is 22.1. The maximum absolute atomic E-state index is 13.1. The summed E-state index contributed by atoms with van der Waals surface area (Å²) < 4.78 is 6.96. The topological polar surface area (TPSA) is 86.1 Å². The Morgan fingerprint density at radius 3 is 2.56 bits per heavy atom. The van der Waals surface area contributed by atoms with Crippen LogP contribution in [-0.4, -0.2) is 20.9 Å². The van der Waals surface area contributed by atoms with Crippen LogP contribution in [0.4, 0.5) is 5.69 Å². The first-order chi connectivity index (χ1) is 15.6. The van der Waals surface area contributed by atoms with Gasteiger partial charge in [0, 0.05) is 10.6 Å². The number of carbonyl (C=O) groups excluding carboxylic acids is 1. The molecule has 1 amide bonds. The lowest BCUT2D eigenvalue weighted by Crippen LogP contribution is -2.34. The minimum atomic E-state index is -0.793. The van der Waals surface area contributed by atoms with Gasteiger partial charge in [0.25, 0.3) is 5.56 Å². The van der Waals surface area contributed by atoms with Gasteiger partial charge < -0.3 is 10.1 Å². The predicted octanol–water partition coefficient (Wildman–Crippen LogP) is 4.72. The number of aromatic nitrogens is 3. The lowest BCUT2D eigenvalue weighted by atomic mass is 9.97. The molecule has 0 aliphatic heterocycles. The molecule has 0 unspecified atom stereocenters. The number of carbonyl (C=O) groups is 1. The Labute approximate surface area is 188 Å². The predicted molar refractivity (Wildman–Crippen MR) is 125 cm³/mol. The SMILES string of the molecule is C[C@@H](C(=O)Nc1ccc(Oc2ccccc2)cc1)n1nnc2sc3c(c2c1=O)CCCC3. The molecule has 1 aliphatic rings. The highest BCUT2D eigenvalue weighted by Crippen LogP contribution is 2.33. The van der Waals surface area contributed by atoms with Crippen molar-refractivity contribution in [3.63, 3.8) is 0 Å². The van der Waals surface area contributed by atoms with Crippen LogP contribution in [0.15, 0.2) is 59.4 Å². The normalized spacial score (nSPS) is 14.0. The van der Waals surface area contributed by atoms with E-state index in [-0.39, 0.29) is 11.5 Å². The molecule has 7 nitrogen and oxygen atoms in total. The Balaban J connectivity index is 1.33.